The zero-order valence-corrected chi connectivity index (χ0v) is 9.33. The number of hydrogen-bond acceptors (Lipinski definition) is 5. The molecular formula is C9H14N4O4. The summed E-state index contributed by atoms with van der Waals surface area (Å²) in [5.41, 5.74) is 0. The van der Waals surface area contributed by atoms with E-state index in [4.69, 9.17) is 5.41 Å². The van der Waals surface area contributed by atoms with Gasteiger partial charge in [-0.2, -0.15) is 0 Å². The molecule has 0 aromatic carbocycles. The first-order chi connectivity index (χ1) is 7.99. The fourth-order valence-corrected chi connectivity index (χ4v) is 0.775. The van der Waals surface area contributed by atoms with Crippen LogP contribution in [-0.4, -0.2) is 49.9 Å². The van der Waals surface area contributed by atoms with E-state index in [1.54, 1.807) is 0 Å². The third kappa shape index (κ3) is 7.65. The molecule has 0 atom stereocenters. The minimum atomic E-state index is -0.644. The molecule has 0 aromatic heterocycles. The lowest BCUT2D eigenvalue weighted by Crippen LogP contribution is -2.38. The molecule has 0 aromatic rings. The van der Waals surface area contributed by atoms with E-state index < -0.39 is 24.0 Å². The van der Waals surface area contributed by atoms with Crippen molar-refractivity contribution < 1.29 is 19.2 Å². The standard InChI is InChI=1S/C9H14N4O4/c1-11-9(17)5-13-8(16)2-7(15)12-4-6(14)3-10/h3,10H,2,4-5H2,1H3,(H,11,17)(H,12,15)(H,13,16). The Hall–Kier alpha value is -2.25. The summed E-state index contributed by atoms with van der Waals surface area (Å²) in [7, 11) is 1.42. The molecule has 0 spiro atoms. The van der Waals surface area contributed by atoms with Crippen LogP contribution in [-0.2, 0) is 19.2 Å². The van der Waals surface area contributed by atoms with Crippen molar-refractivity contribution in [3.8, 4) is 0 Å². The predicted octanol–water partition coefficient (Wildman–Crippen LogP) is -2.43. The SMILES string of the molecule is CNC(=O)CNC(=O)CC(=O)NCC(=O)C=N. The number of carbonyl (C=O) groups excluding carboxylic acids is 4. The Morgan fingerprint density at radius 2 is 1.53 bits per heavy atom. The van der Waals surface area contributed by atoms with Crippen molar-refractivity contribution in [1.82, 2.24) is 16.0 Å². The topological polar surface area (TPSA) is 128 Å². The maximum Gasteiger partial charge on any atom is 0.239 e. The van der Waals surface area contributed by atoms with Gasteiger partial charge in [-0.05, 0) is 0 Å². The maximum atomic E-state index is 11.1. The van der Waals surface area contributed by atoms with Gasteiger partial charge in [0.15, 0.2) is 5.78 Å². The monoisotopic (exact) mass is 242 g/mol. The second-order valence-corrected chi connectivity index (χ2v) is 3.01. The Bertz CT molecular complexity index is 340. The van der Waals surface area contributed by atoms with Crippen molar-refractivity contribution in [1.29, 1.82) is 5.41 Å². The highest BCUT2D eigenvalue weighted by molar-refractivity contribution is 6.27. The van der Waals surface area contributed by atoms with E-state index in [0.717, 1.165) is 0 Å². The Morgan fingerprint density at radius 1 is 1.00 bits per heavy atom. The fraction of sp³-hybridized carbons (Fsp3) is 0.444. The molecule has 8 heteroatoms. The van der Waals surface area contributed by atoms with Crippen LogP contribution in [0.4, 0.5) is 0 Å². The van der Waals surface area contributed by atoms with Crippen molar-refractivity contribution in [3.05, 3.63) is 0 Å². The lowest BCUT2D eigenvalue weighted by atomic mass is 10.3. The first-order valence-corrected chi connectivity index (χ1v) is 4.77. The minimum Gasteiger partial charge on any atom is -0.358 e. The van der Waals surface area contributed by atoms with Crippen LogP contribution < -0.4 is 16.0 Å². The summed E-state index contributed by atoms with van der Waals surface area (Å²) in [5, 5.41) is 13.3. The molecule has 0 radical (unpaired) electrons. The van der Waals surface area contributed by atoms with E-state index in [1.165, 1.54) is 7.05 Å². The van der Waals surface area contributed by atoms with E-state index in [-0.39, 0.29) is 19.0 Å². The molecule has 0 unspecified atom stereocenters. The van der Waals surface area contributed by atoms with Gasteiger partial charge in [-0.25, -0.2) is 0 Å². The third-order valence-electron chi connectivity index (χ3n) is 1.67. The van der Waals surface area contributed by atoms with Gasteiger partial charge in [0, 0.05) is 7.05 Å². The summed E-state index contributed by atoms with van der Waals surface area (Å²) in [4.78, 5) is 43.6. The highest BCUT2D eigenvalue weighted by Crippen LogP contribution is 1.80. The average Bonchev–Trinajstić information content (AvgIpc) is 2.32. The molecule has 0 saturated carbocycles. The third-order valence-corrected chi connectivity index (χ3v) is 1.67. The van der Waals surface area contributed by atoms with Crippen molar-refractivity contribution in [2.75, 3.05) is 20.1 Å². The van der Waals surface area contributed by atoms with Gasteiger partial charge in [-0.3, -0.25) is 19.2 Å². The maximum absolute atomic E-state index is 11.1. The molecular weight excluding hydrogens is 228 g/mol. The summed E-state index contributed by atoms with van der Waals surface area (Å²) >= 11 is 0. The molecule has 94 valence electrons. The minimum absolute atomic E-state index is 0.206. The van der Waals surface area contributed by atoms with Gasteiger partial charge in [0.25, 0.3) is 0 Å². The molecule has 0 aliphatic heterocycles. The van der Waals surface area contributed by atoms with Crippen LogP contribution in [0.5, 0.6) is 0 Å². The van der Waals surface area contributed by atoms with Gasteiger partial charge < -0.3 is 21.4 Å². The van der Waals surface area contributed by atoms with Crippen LogP contribution in [0.25, 0.3) is 0 Å². The summed E-state index contributed by atoms with van der Waals surface area (Å²) in [5.74, 6) is -2.20. The zero-order valence-electron chi connectivity index (χ0n) is 9.33. The number of amides is 3. The first-order valence-electron chi connectivity index (χ1n) is 4.77. The molecule has 17 heavy (non-hydrogen) atoms. The molecule has 0 aliphatic carbocycles. The number of ketones is 1. The van der Waals surface area contributed by atoms with E-state index in [1.807, 2.05) is 0 Å². The summed E-state index contributed by atoms with van der Waals surface area (Å²) in [6.45, 7) is -0.521. The normalized spacial score (nSPS) is 9.00. The van der Waals surface area contributed by atoms with Gasteiger partial charge >= 0.3 is 0 Å². The number of likely N-dealkylation sites (N-methyl/N-ethyl adjacent to an activating group) is 1. The fourth-order valence-electron chi connectivity index (χ4n) is 0.775. The van der Waals surface area contributed by atoms with E-state index in [2.05, 4.69) is 16.0 Å². The smallest absolute Gasteiger partial charge is 0.239 e. The molecule has 0 saturated heterocycles. The van der Waals surface area contributed by atoms with Crippen LogP contribution in [0.15, 0.2) is 0 Å². The zero-order chi connectivity index (χ0) is 13.3. The number of nitrogens with one attached hydrogen (secondary N) is 4. The number of Topliss-reactive ketones (excluding diaryl/α,β-unsaturated/α-hetero) is 1. The van der Waals surface area contributed by atoms with Crippen molar-refractivity contribution in [2.45, 2.75) is 6.42 Å². The molecule has 0 heterocycles. The molecule has 0 fully saturated rings. The van der Waals surface area contributed by atoms with Crippen LogP contribution >= 0.6 is 0 Å². The lowest BCUT2D eigenvalue weighted by molar-refractivity contribution is -0.131. The van der Waals surface area contributed by atoms with Crippen molar-refractivity contribution in [3.63, 3.8) is 0 Å². The van der Waals surface area contributed by atoms with Gasteiger partial charge in [0.1, 0.15) is 6.42 Å². The lowest BCUT2D eigenvalue weighted by Gasteiger charge is -2.04. The highest BCUT2D eigenvalue weighted by Gasteiger charge is 2.10. The molecule has 8 nitrogen and oxygen atoms in total. The number of hydrogen-bond donors (Lipinski definition) is 4. The highest BCUT2D eigenvalue weighted by atomic mass is 16.2. The van der Waals surface area contributed by atoms with E-state index in [9.17, 15) is 19.2 Å². The molecule has 3 amide bonds. The van der Waals surface area contributed by atoms with Crippen molar-refractivity contribution in [2.24, 2.45) is 0 Å². The summed E-state index contributed by atoms with van der Waals surface area (Å²) < 4.78 is 0. The quantitative estimate of drug-likeness (QED) is 0.292. The first kappa shape index (κ1) is 14.8. The van der Waals surface area contributed by atoms with Gasteiger partial charge in [0.2, 0.25) is 17.7 Å². The van der Waals surface area contributed by atoms with E-state index >= 15 is 0 Å². The number of carbonyl (C=O) groups is 4. The number of rotatable bonds is 7. The van der Waals surface area contributed by atoms with Crippen molar-refractivity contribution >= 4 is 29.7 Å². The Labute approximate surface area is 97.6 Å². The van der Waals surface area contributed by atoms with Gasteiger partial charge in [0.05, 0.1) is 19.3 Å². The molecule has 4 N–H and O–H groups in total. The molecule has 0 aliphatic rings. The Balaban J connectivity index is 3.80. The van der Waals surface area contributed by atoms with Crippen LogP contribution in [0.1, 0.15) is 6.42 Å². The van der Waals surface area contributed by atoms with Crippen LogP contribution in [0.3, 0.4) is 0 Å². The van der Waals surface area contributed by atoms with Crippen LogP contribution in [0, 0.1) is 5.41 Å². The van der Waals surface area contributed by atoms with Crippen LogP contribution in [0.2, 0.25) is 0 Å². The average molecular weight is 242 g/mol. The predicted molar refractivity (Wildman–Crippen MR) is 58.5 cm³/mol. The van der Waals surface area contributed by atoms with Gasteiger partial charge in [-0.1, -0.05) is 0 Å². The Kier molecular flexibility index (Phi) is 6.91. The second kappa shape index (κ2) is 7.97. The Morgan fingerprint density at radius 3 is 2.00 bits per heavy atom. The second-order valence-electron chi connectivity index (χ2n) is 3.01. The van der Waals surface area contributed by atoms with Gasteiger partial charge in [-0.15, -0.1) is 0 Å². The summed E-state index contributed by atoms with van der Waals surface area (Å²) in [6.07, 6.45) is 0.105. The molecule has 0 bridgehead atoms. The molecule has 0 rings (SSSR count). The largest absolute Gasteiger partial charge is 0.358 e. The summed E-state index contributed by atoms with van der Waals surface area (Å²) in [6, 6.07) is 0. The van der Waals surface area contributed by atoms with E-state index in [0.29, 0.717) is 6.21 Å².